The molecule has 0 spiro atoms. The van der Waals surface area contributed by atoms with Gasteiger partial charge >= 0.3 is 5.97 Å². The van der Waals surface area contributed by atoms with Crippen LogP contribution in [0.3, 0.4) is 0 Å². The number of methoxy groups -OCH3 is 1. The standard InChI is InChI=1S/C11H24N2O3/c1-5-16-11(14)10(2)12-6-7-13(3)8-9-15-4/h10,12H,5-9H2,1-4H3. The lowest BCUT2D eigenvalue weighted by Crippen LogP contribution is -2.40. The van der Waals surface area contributed by atoms with E-state index in [1.807, 2.05) is 20.9 Å². The molecule has 0 fully saturated rings. The first-order valence-electron chi connectivity index (χ1n) is 5.69. The summed E-state index contributed by atoms with van der Waals surface area (Å²) in [5, 5.41) is 3.12. The lowest BCUT2D eigenvalue weighted by Gasteiger charge is -2.18. The highest BCUT2D eigenvalue weighted by atomic mass is 16.5. The molecule has 0 bridgehead atoms. The first kappa shape index (κ1) is 15.3. The Kier molecular flexibility index (Phi) is 9.18. The molecule has 0 aromatic carbocycles. The Labute approximate surface area is 98.1 Å². The summed E-state index contributed by atoms with van der Waals surface area (Å²) in [6, 6.07) is -0.240. The lowest BCUT2D eigenvalue weighted by atomic mass is 10.3. The summed E-state index contributed by atoms with van der Waals surface area (Å²) >= 11 is 0. The van der Waals surface area contributed by atoms with Gasteiger partial charge in [0.25, 0.3) is 0 Å². The van der Waals surface area contributed by atoms with Crippen molar-refractivity contribution in [2.24, 2.45) is 0 Å². The zero-order chi connectivity index (χ0) is 12.4. The maximum Gasteiger partial charge on any atom is 0.322 e. The Morgan fingerprint density at radius 2 is 2.12 bits per heavy atom. The van der Waals surface area contributed by atoms with Crippen molar-refractivity contribution in [2.75, 3.05) is 47.0 Å². The molecule has 0 aliphatic rings. The summed E-state index contributed by atoms with van der Waals surface area (Å²) in [5.74, 6) is -0.193. The molecule has 0 aromatic rings. The van der Waals surface area contributed by atoms with Gasteiger partial charge in [0.15, 0.2) is 0 Å². The molecule has 96 valence electrons. The second-order valence-electron chi connectivity index (χ2n) is 3.72. The van der Waals surface area contributed by atoms with E-state index in [2.05, 4.69) is 10.2 Å². The Bertz CT molecular complexity index is 188. The van der Waals surface area contributed by atoms with Crippen molar-refractivity contribution in [1.29, 1.82) is 0 Å². The fourth-order valence-corrected chi connectivity index (χ4v) is 1.18. The van der Waals surface area contributed by atoms with E-state index >= 15 is 0 Å². The molecule has 1 unspecified atom stereocenters. The van der Waals surface area contributed by atoms with Gasteiger partial charge in [-0.3, -0.25) is 4.79 Å². The van der Waals surface area contributed by atoms with Crippen molar-refractivity contribution in [2.45, 2.75) is 19.9 Å². The van der Waals surface area contributed by atoms with E-state index < -0.39 is 0 Å². The smallest absolute Gasteiger partial charge is 0.322 e. The minimum absolute atomic E-state index is 0.193. The first-order chi connectivity index (χ1) is 7.61. The number of nitrogens with one attached hydrogen (secondary N) is 1. The number of carbonyl (C=O) groups is 1. The highest BCUT2D eigenvalue weighted by Crippen LogP contribution is 1.88. The summed E-state index contributed by atoms with van der Waals surface area (Å²) in [6.45, 7) is 7.32. The van der Waals surface area contributed by atoms with E-state index in [4.69, 9.17) is 9.47 Å². The Balaban J connectivity index is 3.53. The number of rotatable bonds is 9. The number of nitrogens with zero attached hydrogens (tertiary/aromatic N) is 1. The fourth-order valence-electron chi connectivity index (χ4n) is 1.18. The minimum Gasteiger partial charge on any atom is -0.465 e. The van der Waals surface area contributed by atoms with Gasteiger partial charge in [0.2, 0.25) is 0 Å². The van der Waals surface area contributed by atoms with E-state index in [0.29, 0.717) is 6.61 Å². The van der Waals surface area contributed by atoms with Crippen LogP contribution in [0.2, 0.25) is 0 Å². The van der Waals surface area contributed by atoms with Gasteiger partial charge in [-0.2, -0.15) is 0 Å². The molecule has 1 atom stereocenters. The molecule has 1 N–H and O–H groups in total. The molecule has 0 aliphatic carbocycles. The number of likely N-dealkylation sites (N-methyl/N-ethyl adjacent to an activating group) is 1. The van der Waals surface area contributed by atoms with Crippen LogP contribution in [0, 0.1) is 0 Å². The number of hydrogen-bond donors (Lipinski definition) is 1. The third kappa shape index (κ3) is 7.62. The Morgan fingerprint density at radius 3 is 2.69 bits per heavy atom. The molecular formula is C11H24N2O3. The van der Waals surface area contributed by atoms with Crippen molar-refractivity contribution in [1.82, 2.24) is 10.2 Å². The largest absolute Gasteiger partial charge is 0.465 e. The van der Waals surface area contributed by atoms with Gasteiger partial charge < -0.3 is 19.7 Å². The molecule has 0 rings (SSSR count). The van der Waals surface area contributed by atoms with Crippen molar-refractivity contribution >= 4 is 5.97 Å². The fraction of sp³-hybridized carbons (Fsp3) is 0.909. The van der Waals surface area contributed by atoms with Crippen LogP contribution in [-0.2, 0) is 14.3 Å². The lowest BCUT2D eigenvalue weighted by molar-refractivity contribution is -0.145. The van der Waals surface area contributed by atoms with Crippen molar-refractivity contribution in [3.05, 3.63) is 0 Å². The molecule has 0 heterocycles. The van der Waals surface area contributed by atoms with E-state index in [0.717, 1.165) is 26.2 Å². The third-order valence-corrected chi connectivity index (χ3v) is 2.26. The average molecular weight is 232 g/mol. The second-order valence-corrected chi connectivity index (χ2v) is 3.72. The molecule has 0 radical (unpaired) electrons. The minimum atomic E-state index is -0.240. The summed E-state index contributed by atoms with van der Waals surface area (Å²) in [6.07, 6.45) is 0. The van der Waals surface area contributed by atoms with Crippen LogP contribution in [0.4, 0.5) is 0 Å². The highest BCUT2D eigenvalue weighted by molar-refractivity contribution is 5.75. The van der Waals surface area contributed by atoms with Crippen LogP contribution in [0.5, 0.6) is 0 Å². The van der Waals surface area contributed by atoms with Crippen LogP contribution in [-0.4, -0.2) is 63.9 Å². The van der Waals surface area contributed by atoms with E-state index in [1.165, 1.54) is 0 Å². The van der Waals surface area contributed by atoms with Crippen molar-refractivity contribution in [3.8, 4) is 0 Å². The topological polar surface area (TPSA) is 50.8 Å². The maximum atomic E-state index is 11.3. The molecule has 0 saturated carbocycles. The Hall–Kier alpha value is -0.650. The predicted molar refractivity (Wildman–Crippen MR) is 63.5 cm³/mol. The maximum absolute atomic E-state index is 11.3. The van der Waals surface area contributed by atoms with E-state index in [-0.39, 0.29) is 12.0 Å². The third-order valence-electron chi connectivity index (χ3n) is 2.26. The summed E-state index contributed by atoms with van der Waals surface area (Å²) < 4.78 is 9.86. The van der Waals surface area contributed by atoms with E-state index in [9.17, 15) is 4.79 Å². The van der Waals surface area contributed by atoms with Crippen LogP contribution < -0.4 is 5.32 Å². The average Bonchev–Trinajstić information content (AvgIpc) is 2.26. The summed E-state index contributed by atoms with van der Waals surface area (Å²) in [5.41, 5.74) is 0. The highest BCUT2D eigenvalue weighted by Gasteiger charge is 2.12. The molecule has 5 nitrogen and oxygen atoms in total. The van der Waals surface area contributed by atoms with Crippen LogP contribution in [0.15, 0.2) is 0 Å². The number of hydrogen-bond acceptors (Lipinski definition) is 5. The quantitative estimate of drug-likeness (QED) is 0.572. The van der Waals surface area contributed by atoms with Crippen molar-refractivity contribution in [3.63, 3.8) is 0 Å². The van der Waals surface area contributed by atoms with E-state index in [1.54, 1.807) is 7.11 Å². The zero-order valence-electron chi connectivity index (χ0n) is 10.8. The summed E-state index contributed by atoms with van der Waals surface area (Å²) in [4.78, 5) is 13.4. The van der Waals surface area contributed by atoms with Gasteiger partial charge in [0.1, 0.15) is 6.04 Å². The second kappa shape index (κ2) is 9.57. The molecule has 0 amide bonds. The predicted octanol–water partition coefficient (Wildman–Crippen LogP) is 0.106. The van der Waals surface area contributed by atoms with Gasteiger partial charge in [-0.05, 0) is 20.9 Å². The molecule has 5 heteroatoms. The molecule has 0 aromatic heterocycles. The van der Waals surface area contributed by atoms with Gasteiger partial charge in [-0.1, -0.05) is 0 Å². The monoisotopic (exact) mass is 232 g/mol. The SMILES string of the molecule is CCOC(=O)C(C)NCCN(C)CCOC. The number of ether oxygens (including phenoxy) is 2. The Morgan fingerprint density at radius 1 is 1.44 bits per heavy atom. The molecule has 0 saturated heterocycles. The normalized spacial score (nSPS) is 12.8. The number of carbonyl (C=O) groups excluding carboxylic acids is 1. The van der Waals surface area contributed by atoms with Gasteiger partial charge in [0.05, 0.1) is 13.2 Å². The molecule has 0 aliphatic heterocycles. The molecular weight excluding hydrogens is 208 g/mol. The van der Waals surface area contributed by atoms with Crippen LogP contribution >= 0.6 is 0 Å². The van der Waals surface area contributed by atoms with Crippen LogP contribution in [0.25, 0.3) is 0 Å². The number of esters is 1. The zero-order valence-corrected chi connectivity index (χ0v) is 10.8. The molecule has 16 heavy (non-hydrogen) atoms. The van der Waals surface area contributed by atoms with Gasteiger partial charge in [-0.15, -0.1) is 0 Å². The van der Waals surface area contributed by atoms with Crippen molar-refractivity contribution < 1.29 is 14.3 Å². The van der Waals surface area contributed by atoms with Gasteiger partial charge in [-0.25, -0.2) is 0 Å². The summed E-state index contributed by atoms with van der Waals surface area (Å²) in [7, 11) is 3.71. The van der Waals surface area contributed by atoms with Gasteiger partial charge in [0, 0.05) is 26.7 Å². The van der Waals surface area contributed by atoms with Crippen LogP contribution in [0.1, 0.15) is 13.8 Å². The first-order valence-corrected chi connectivity index (χ1v) is 5.69.